The molecule has 5 heteroatoms. The average molecular weight is 349 g/mol. The lowest BCUT2D eigenvalue weighted by molar-refractivity contribution is 0.0953. The monoisotopic (exact) mass is 348 g/mol. The van der Waals surface area contributed by atoms with Crippen molar-refractivity contribution < 1.29 is 9.53 Å². The molecule has 0 saturated carbocycles. The van der Waals surface area contributed by atoms with Crippen molar-refractivity contribution in [2.24, 2.45) is 5.84 Å². The van der Waals surface area contributed by atoms with Crippen molar-refractivity contribution in [3.8, 4) is 5.75 Å². The second kappa shape index (κ2) is 6.74. The van der Waals surface area contributed by atoms with Gasteiger partial charge in [-0.25, -0.2) is 5.84 Å². The lowest BCUT2D eigenvalue weighted by Crippen LogP contribution is -2.29. The Morgan fingerprint density at radius 2 is 1.86 bits per heavy atom. The van der Waals surface area contributed by atoms with Crippen LogP contribution >= 0.6 is 15.9 Å². The third-order valence-corrected chi connectivity index (χ3v) is 3.77. The summed E-state index contributed by atoms with van der Waals surface area (Å²) in [6, 6.07) is 11.4. The van der Waals surface area contributed by atoms with Crippen LogP contribution in [0, 0.1) is 13.8 Å². The number of amides is 1. The van der Waals surface area contributed by atoms with Crippen LogP contribution in [0.4, 0.5) is 0 Å². The van der Waals surface area contributed by atoms with Gasteiger partial charge in [-0.1, -0.05) is 28.1 Å². The van der Waals surface area contributed by atoms with Crippen molar-refractivity contribution in [2.75, 3.05) is 0 Å². The molecule has 0 aliphatic heterocycles. The molecule has 2 rings (SSSR count). The number of carbonyl (C=O) groups excluding carboxylic acids is 1. The molecule has 2 aromatic carbocycles. The topological polar surface area (TPSA) is 64.3 Å². The van der Waals surface area contributed by atoms with Gasteiger partial charge in [-0.3, -0.25) is 10.2 Å². The second-order valence-corrected chi connectivity index (χ2v) is 5.75. The van der Waals surface area contributed by atoms with Crippen LogP contribution in [0.15, 0.2) is 40.9 Å². The van der Waals surface area contributed by atoms with Gasteiger partial charge in [-0.05, 0) is 49.2 Å². The van der Waals surface area contributed by atoms with Gasteiger partial charge < -0.3 is 4.74 Å². The Bertz CT molecular complexity index is 651. The summed E-state index contributed by atoms with van der Waals surface area (Å²) in [6.07, 6.45) is 0. The average Bonchev–Trinajstić information content (AvgIpc) is 2.44. The number of hydrazine groups is 1. The zero-order valence-corrected chi connectivity index (χ0v) is 13.5. The molecule has 0 aliphatic rings. The quantitative estimate of drug-likeness (QED) is 0.506. The molecule has 0 saturated heterocycles. The molecule has 0 fully saturated rings. The summed E-state index contributed by atoms with van der Waals surface area (Å²) in [6.45, 7) is 4.50. The number of carbonyl (C=O) groups is 1. The molecule has 3 N–H and O–H groups in total. The molecule has 0 unspecified atom stereocenters. The molecule has 110 valence electrons. The Balaban J connectivity index is 2.11. The predicted molar refractivity (Wildman–Crippen MR) is 86.0 cm³/mol. The highest BCUT2D eigenvalue weighted by Crippen LogP contribution is 2.22. The van der Waals surface area contributed by atoms with Crippen LogP contribution in [-0.2, 0) is 6.61 Å². The van der Waals surface area contributed by atoms with E-state index in [-0.39, 0.29) is 5.91 Å². The van der Waals surface area contributed by atoms with Crippen molar-refractivity contribution >= 4 is 21.8 Å². The van der Waals surface area contributed by atoms with E-state index in [0.717, 1.165) is 15.8 Å². The maximum Gasteiger partial charge on any atom is 0.265 e. The molecule has 0 aromatic heterocycles. The maximum absolute atomic E-state index is 11.4. The molecule has 0 bridgehead atoms. The molecular weight excluding hydrogens is 332 g/mol. The van der Waals surface area contributed by atoms with E-state index >= 15 is 0 Å². The molecule has 2 aromatic rings. The number of hydrogen-bond acceptors (Lipinski definition) is 3. The van der Waals surface area contributed by atoms with Crippen LogP contribution in [0.2, 0.25) is 0 Å². The van der Waals surface area contributed by atoms with E-state index in [9.17, 15) is 4.79 Å². The van der Waals surface area contributed by atoms with Gasteiger partial charge in [0, 0.05) is 15.6 Å². The van der Waals surface area contributed by atoms with Gasteiger partial charge in [0.1, 0.15) is 12.4 Å². The Labute approximate surface area is 132 Å². The maximum atomic E-state index is 11.4. The highest BCUT2D eigenvalue weighted by Gasteiger charge is 2.08. The van der Waals surface area contributed by atoms with Crippen LogP contribution in [0.5, 0.6) is 5.75 Å². The molecule has 21 heavy (non-hydrogen) atoms. The number of nitrogens with two attached hydrogens (primary N) is 1. The number of hydrogen-bond donors (Lipinski definition) is 2. The van der Waals surface area contributed by atoms with Gasteiger partial charge in [-0.2, -0.15) is 0 Å². The van der Waals surface area contributed by atoms with Crippen molar-refractivity contribution in [3.05, 3.63) is 63.1 Å². The molecule has 0 radical (unpaired) electrons. The van der Waals surface area contributed by atoms with Gasteiger partial charge in [0.05, 0.1) is 0 Å². The predicted octanol–water partition coefficient (Wildman–Crippen LogP) is 3.25. The Morgan fingerprint density at radius 1 is 1.19 bits per heavy atom. The fraction of sp³-hybridized carbons (Fsp3) is 0.188. The van der Waals surface area contributed by atoms with Crippen molar-refractivity contribution in [2.45, 2.75) is 20.5 Å². The SMILES string of the molecule is Cc1cc(C)cc(OCc2ccc(C(=O)NN)cc2Br)c1. The molecule has 0 heterocycles. The van der Waals surface area contributed by atoms with Gasteiger partial charge in [0.25, 0.3) is 5.91 Å². The van der Waals surface area contributed by atoms with Gasteiger partial charge in [0.15, 0.2) is 0 Å². The Hall–Kier alpha value is -1.85. The van der Waals surface area contributed by atoms with Crippen LogP contribution < -0.4 is 16.0 Å². The van der Waals surface area contributed by atoms with Gasteiger partial charge in [-0.15, -0.1) is 0 Å². The fourth-order valence-corrected chi connectivity index (χ4v) is 2.56. The standard InChI is InChI=1S/C16H17BrN2O2/c1-10-5-11(2)7-14(6-10)21-9-13-4-3-12(8-15(13)17)16(20)19-18/h3-8H,9,18H2,1-2H3,(H,19,20). The minimum Gasteiger partial charge on any atom is -0.489 e. The van der Waals surface area contributed by atoms with Gasteiger partial charge >= 0.3 is 0 Å². The highest BCUT2D eigenvalue weighted by molar-refractivity contribution is 9.10. The zero-order valence-electron chi connectivity index (χ0n) is 11.9. The summed E-state index contributed by atoms with van der Waals surface area (Å²) in [5.74, 6) is 5.63. The molecule has 0 atom stereocenters. The first kappa shape index (κ1) is 15.5. The Kier molecular flexibility index (Phi) is 4.98. The normalized spacial score (nSPS) is 10.3. The summed E-state index contributed by atoms with van der Waals surface area (Å²) in [4.78, 5) is 11.4. The lowest BCUT2D eigenvalue weighted by Gasteiger charge is -2.10. The van der Waals surface area contributed by atoms with Crippen LogP contribution in [0.25, 0.3) is 0 Å². The summed E-state index contributed by atoms with van der Waals surface area (Å²) in [5, 5.41) is 0. The number of nitrogens with one attached hydrogen (secondary N) is 1. The summed E-state index contributed by atoms with van der Waals surface area (Å²) in [5.41, 5.74) is 5.90. The number of nitrogen functional groups attached to an aromatic ring is 1. The molecule has 0 spiro atoms. The van der Waals surface area contributed by atoms with Crippen molar-refractivity contribution in [1.82, 2.24) is 5.43 Å². The number of benzene rings is 2. The third-order valence-electron chi connectivity index (χ3n) is 3.04. The number of halogens is 1. The fourth-order valence-electron chi connectivity index (χ4n) is 2.07. The van der Waals surface area contributed by atoms with E-state index in [2.05, 4.69) is 27.4 Å². The number of ether oxygens (including phenoxy) is 1. The molecule has 1 amide bonds. The molecule has 0 aliphatic carbocycles. The van der Waals surface area contributed by atoms with E-state index in [4.69, 9.17) is 10.6 Å². The minimum absolute atomic E-state index is 0.322. The Morgan fingerprint density at radius 3 is 2.43 bits per heavy atom. The largest absolute Gasteiger partial charge is 0.489 e. The van der Waals surface area contributed by atoms with E-state index in [1.807, 2.05) is 32.0 Å². The van der Waals surface area contributed by atoms with E-state index in [1.165, 1.54) is 11.1 Å². The van der Waals surface area contributed by atoms with Gasteiger partial charge in [0.2, 0.25) is 0 Å². The second-order valence-electron chi connectivity index (χ2n) is 4.89. The van der Waals surface area contributed by atoms with Crippen molar-refractivity contribution in [1.29, 1.82) is 0 Å². The summed E-state index contributed by atoms with van der Waals surface area (Å²) < 4.78 is 6.62. The molecule has 4 nitrogen and oxygen atoms in total. The first-order chi connectivity index (χ1) is 9.99. The number of rotatable bonds is 4. The first-order valence-corrected chi connectivity index (χ1v) is 7.29. The zero-order chi connectivity index (χ0) is 15.4. The van der Waals surface area contributed by atoms with E-state index < -0.39 is 0 Å². The molecular formula is C16H17BrN2O2. The third kappa shape index (κ3) is 4.06. The van der Waals surface area contributed by atoms with Crippen LogP contribution in [0.3, 0.4) is 0 Å². The summed E-state index contributed by atoms with van der Waals surface area (Å²) in [7, 11) is 0. The minimum atomic E-state index is -0.322. The lowest BCUT2D eigenvalue weighted by atomic mass is 10.1. The summed E-state index contributed by atoms with van der Waals surface area (Å²) >= 11 is 3.45. The van der Waals surface area contributed by atoms with E-state index in [1.54, 1.807) is 12.1 Å². The first-order valence-electron chi connectivity index (χ1n) is 6.50. The van der Waals surface area contributed by atoms with E-state index in [0.29, 0.717) is 12.2 Å². The van der Waals surface area contributed by atoms with Crippen molar-refractivity contribution in [3.63, 3.8) is 0 Å². The smallest absolute Gasteiger partial charge is 0.265 e. The van der Waals surface area contributed by atoms with Crippen LogP contribution in [-0.4, -0.2) is 5.91 Å². The number of aryl methyl sites for hydroxylation is 2. The highest BCUT2D eigenvalue weighted by atomic mass is 79.9. The van der Waals surface area contributed by atoms with Crippen LogP contribution in [0.1, 0.15) is 27.0 Å².